The van der Waals surface area contributed by atoms with Gasteiger partial charge >= 0.3 is 5.69 Å². The summed E-state index contributed by atoms with van der Waals surface area (Å²) in [6.07, 6.45) is 2.82. The first-order valence-electron chi connectivity index (χ1n) is 8.41. The lowest BCUT2D eigenvalue weighted by molar-refractivity contribution is -0.385. The van der Waals surface area contributed by atoms with E-state index in [0.29, 0.717) is 11.4 Å². The molecule has 2 atom stereocenters. The van der Waals surface area contributed by atoms with Crippen LogP contribution >= 0.6 is 0 Å². The molecule has 0 aliphatic heterocycles. The van der Waals surface area contributed by atoms with Crippen molar-refractivity contribution < 1.29 is 24.7 Å². The molecular weight excluding hydrogens is 364 g/mol. The molecule has 0 spiro atoms. The molecular formula is C20H14N2O6. The fraction of sp³-hybridized carbons (Fsp3) is 0.100. The number of para-hydroxylation sites is 1. The molecule has 0 heterocycles. The van der Waals surface area contributed by atoms with Gasteiger partial charge in [-0.15, -0.1) is 0 Å². The Bertz CT molecular complexity index is 1090. The topological polar surface area (TPSA) is 130 Å². The second kappa shape index (κ2) is 6.34. The summed E-state index contributed by atoms with van der Waals surface area (Å²) >= 11 is 0. The van der Waals surface area contributed by atoms with Crippen molar-refractivity contribution in [1.82, 2.24) is 0 Å². The first kappa shape index (κ1) is 17.5. The first-order chi connectivity index (χ1) is 13.4. The number of aliphatic hydroxyl groups excluding tert-OH is 1. The molecule has 2 aromatic rings. The van der Waals surface area contributed by atoms with E-state index in [1.807, 2.05) is 6.07 Å². The summed E-state index contributed by atoms with van der Waals surface area (Å²) in [6, 6.07) is 11.2. The Hall–Kier alpha value is -3.94. The molecule has 4 rings (SSSR count). The number of Topliss-reactive ketones (excluding diaryl/α,β-unsaturated/α-hetero) is 2. The monoisotopic (exact) mass is 378 g/mol. The Labute approximate surface area is 158 Å². The maximum absolute atomic E-state index is 13.1. The molecule has 2 aliphatic carbocycles. The lowest BCUT2D eigenvalue weighted by Gasteiger charge is -2.34. The van der Waals surface area contributed by atoms with Gasteiger partial charge in [0.2, 0.25) is 5.75 Å². The predicted molar refractivity (Wildman–Crippen MR) is 99.3 cm³/mol. The summed E-state index contributed by atoms with van der Waals surface area (Å²) in [5, 5.41) is 34.7. The fourth-order valence-electron chi connectivity index (χ4n) is 3.62. The zero-order valence-electron chi connectivity index (χ0n) is 14.3. The van der Waals surface area contributed by atoms with Crippen molar-refractivity contribution in [2.75, 3.05) is 5.32 Å². The highest BCUT2D eigenvalue weighted by atomic mass is 16.6. The summed E-state index contributed by atoms with van der Waals surface area (Å²) in [7, 11) is 0. The SMILES string of the molecule is O=C1c2ccc([N+](=O)[O-])c(O)c2C(=O)[C@@H]2C(O)=CC=C(Nc3ccccc3)[C@@H]12. The fourth-order valence-corrected chi connectivity index (χ4v) is 3.62. The minimum absolute atomic E-state index is 0.107. The van der Waals surface area contributed by atoms with Gasteiger partial charge in [0.05, 0.1) is 22.3 Å². The third kappa shape index (κ3) is 2.54. The van der Waals surface area contributed by atoms with E-state index in [2.05, 4.69) is 5.32 Å². The number of phenolic OH excluding ortho intramolecular Hbond substituents is 1. The van der Waals surface area contributed by atoms with E-state index >= 15 is 0 Å². The molecule has 0 radical (unpaired) electrons. The number of phenols is 1. The van der Waals surface area contributed by atoms with Crippen LogP contribution in [0.2, 0.25) is 0 Å². The molecule has 28 heavy (non-hydrogen) atoms. The molecule has 8 heteroatoms. The van der Waals surface area contributed by atoms with Crippen LogP contribution < -0.4 is 5.32 Å². The van der Waals surface area contributed by atoms with Gasteiger partial charge in [0.1, 0.15) is 5.76 Å². The number of ketones is 2. The molecule has 0 bridgehead atoms. The highest BCUT2D eigenvalue weighted by molar-refractivity contribution is 6.19. The number of nitro groups is 1. The van der Waals surface area contributed by atoms with Crippen molar-refractivity contribution in [3.8, 4) is 5.75 Å². The zero-order valence-corrected chi connectivity index (χ0v) is 14.3. The lowest BCUT2D eigenvalue weighted by atomic mass is 9.69. The van der Waals surface area contributed by atoms with Crippen molar-refractivity contribution >= 4 is 22.9 Å². The Morgan fingerprint density at radius 3 is 2.32 bits per heavy atom. The van der Waals surface area contributed by atoms with Gasteiger partial charge < -0.3 is 15.5 Å². The van der Waals surface area contributed by atoms with Gasteiger partial charge in [0.15, 0.2) is 11.6 Å². The van der Waals surface area contributed by atoms with Gasteiger partial charge in [0, 0.05) is 23.0 Å². The standard InChI is InChI=1S/C20H14N2O6/c23-14-9-7-12(21-10-4-2-1-3-5-10)16-17(14)20(26)15-11(18(16)24)6-8-13(19(15)25)22(27)28/h1-9,16-17,21,23,25H/t16-,17-/m1/s1. The van der Waals surface area contributed by atoms with E-state index in [-0.39, 0.29) is 11.3 Å². The molecule has 0 aromatic heterocycles. The molecule has 3 N–H and O–H groups in total. The van der Waals surface area contributed by atoms with E-state index in [1.165, 1.54) is 18.2 Å². The number of rotatable bonds is 3. The predicted octanol–water partition coefficient (Wildman–Crippen LogP) is 3.36. The van der Waals surface area contributed by atoms with Gasteiger partial charge in [0.25, 0.3) is 0 Å². The van der Waals surface area contributed by atoms with Crippen LogP contribution in [0.15, 0.2) is 66.1 Å². The quantitative estimate of drug-likeness (QED) is 0.551. The highest BCUT2D eigenvalue weighted by Crippen LogP contribution is 2.45. The van der Waals surface area contributed by atoms with Crippen molar-refractivity contribution in [3.63, 3.8) is 0 Å². The Balaban J connectivity index is 1.83. The van der Waals surface area contributed by atoms with Crippen LogP contribution in [0.25, 0.3) is 0 Å². The number of carbonyl (C=O) groups is 2. The molecule has 0 saturated carbocycles. The molecule has 0 saturated heterocycles. The van der Waals surface area contributed by atoms with Crippen LogP contribution in [0, 0.1) is 22.0 Å². The normalized spacial score (nSPS) is 20.6. The van der Waals surface area contributed by atoms with Gasteiger partial charge in [-0.1, -0.05) is 18.2 Å². The van der Waals surface area contributed by atoms with Crippen LogP contribution in [0.3, 0.4) is 0 Å². The molecule has 8 nitrogen and oxygen atoms in total. The van der Waals surface area contributed by atoms with Gasteiger partial charge in [-0.05, 0) is 30.4 Å². The van der Waals surface area contributed by atoms with Crippen LogP contribution in [0.4, 0.5) is 11.4 Å². The Kier molecular flexibility index (Phi) is 3.96. The average Bonchev–Trinajstić information content (AvgIpc) is 2.67. The Morgan fingerprint density at radius 2 is 1.64 bits per heavy atom. The van der Waals surface area contributed by atoms with Crippen molar-refractivity contribution in [1.29, 1.82) is 0 Å². The largest absolute Gasteiger partial charge is 0.512 e. The van der Waals surface area contributed by atoms with E-state index in [1.54, 1.807) is 24.3 Å². The highest BCUT2D eigenvalue weighted by Gasteiger charge is 2.48. The number of nitrogens with zero attached hydrogens (tertiary/aromatic N) is 1. The molecule has 0 fully saturated rings. The number of aliphatic hydroxyl groups is 1. The third-order valence-corrected chi connectivity index (χ3v) is 4.91. The van der Waals surface area contributed by atoms with E-state index in [9.17, 15) is 29.9 Å². The smallest absolute Gasteiger partial charge is 0.311 e. The maximum atomic E-state index is 13.1. The van der Waals surface area contributed by atoms with Gasteiger partial charge in [-0.3, -0.25) is 19.7 Å². The zero-order chi connectivity index (χ0) is 20.0. The molecule has 0 amide bonds. The summed E-state index contributed by atoms with van der Waals surface area (Å²) in [4.78, 5) is 36.4. The third-order valence-electron chi connectivity index (χ3n) is 4.91. The van der Waals surface area contributed by atoms with E-state index < -0.39 is 45.3 Å². The minimum atomic E-state index is -1.26. The number of fused-ring (bicyclic) bond motifs is 2. The van der Waals surface area contributed by atoms with Gasteiger partial charge in [-0.25, -0.2) is 0 Å². The lowest BCUT2D eigenvalue weighted by Crippen LogP contribution is -2.41. The molecule has 2 aromatic carbocycles. The maximum Gasteiger partial charge on any atom is 0.311 e. The summed E-state index contributed by atoms with van der Waals surface area (Å²) in [5.41, 5.74) is -0.0993. The van der Waals surface area contributed by atoms with Crippen molar-refractivity contribution in [3.05, 3.63) is 87.3 Å². The first-order valence-corrected chi connectivity index (χ1v) is 8.41. The van der Waals surface area contributed by atoms with E-state index in [0.717, 1.165) is 6.07 Å². The second-order valence-corrected chi connectivity index (χ2v) is 6.50. The second-order valence-electron chi connectivity index (χ2n) is 6.50. The van der Waals surface area contributed by atoms with Gasteiger partial charge in [-0.2, -0.15) is 0 Å². The summed E-state index contributed by atoms with van der Waals surface area (Å²) < 4.78 is 0. The minimum Gasteiger partial charge on any atom is -0.512 e. The van der Waals surface area contributed by atoms with Crippen LogP contribution in [-0.2, 0) is 0 Å². The number of nitrogens with one attached hydrogen (secondary N) is 1. The van der Waals surface area contributed by atoms with Crippen molar-refractivity contribution in [2.45, 2.75) is 0 Å². The summed E-state index contributed by atoms with van der Waals surface area (Å²) in [6.45, 7) is 0. The number of carbonyl (C=O) groups excluding carboxylic acids is 2. The van der Waals surface area contributed by atoms with Crippen LogP contribution in [-0.4, -0.2) is 26.7 Å². The molecule has 0 unspecified atom stereocenters. The average molecular weight is 378 g/mol. The number of benzene rings is 2. The Morgan fingerprint density at radius 1 is 0.929 bits per heavy atom. The van der Waals surface area contributed by atoms with Crippen LogP contribution in [0.5, 0.6) is 5.75 Å². The van der Waals surface area contributed by atoms with E-state index in [4.69, 9.17) is 0 Å². The number of aromatic hydroxyl groups is 1. The summed E-state index contributed by atoms with van der Waals surface area (Å²) in [5.74, 6) is -4.73. The van der Waals surface area contributed by atoms with Crippen LogP contribution in [0.1, 0.15) is 20.7 Å². The van der Waals surface area contributed by atoms with Crippen molar-refractivity contribution in [2.24, 2.45) is 11.8 Å². The number of nitro benzene ring substituents is 1. The number of allylic oxidation sites excluding steroid dienone is 4. The number of anilines is 1. The molecule has 2 aliphatic rings. The molecule has 140 valence electrons. The number of hydrogen-bond acceptors (Lipinski definition) is 7. The number of hydrogen-bond donors (Lipinski definition) is 3.